The summed E-state index contributed by atoms with van der Waals surface area (Å²) in [6, 6.07) is 0.651. The summed E-state index contributed by atoms with van der Waals surface area (Å²) in [5.74, 6) is 0. The zero-order valence-electron chi connectivity index (χ0n) is 9.03. The third kappa shape index (κ3) is 5.56. The van der Waals surface area contributed by atoms with Crippen molar-refractivity contribution in [3.63, 3.8) is 0 Å². The van der Waals surface area contributed by atoms with Gasteiger partial charge in [-0.05, 0) is 12.8 Å². The van der Waals surface area contributed by atoms with Crippen LogP contribution in [0.4, 0.5) is 0 Å². The standard InChI is InChI=1S/C10H24N2/c1-4-7-12(8-5-2)9-10(11)6-3/h10H,4-9,11H2,1-3H3/p+2/t10-/m0/s1. The Morgan fingerprint density at radius 3 is 1.92 bits per heavy atom. The van der Waals surface area contributed by atoms with Crippen LogP contribution in [-0.2, 0) is 0 Å². The molecule has 1 atom stereocenters. The van der Waals surface area contributed by atoms with E-state index in [4.69, 9.17) is 0 Å². The minimum absolute atomic E-state index is 0.651. The van der Waals surface area contributed by atoms with Crippen molar-refractivity contribution in [1.82, 2.24) is 0 Å². The second-order valence-electron chi connectivity index (χ2n) is 3.73. The molecule has 0 spiro atoms. The highest BCUT2D eigenvalue weighted by molar-refractivity contribution is 4.45. The van der Waals surface area contributed by atoms with E-state index in [0.29, 0.717) is 6.04 Å². The van der Waals surface area contributed by atoms with Crippen LogP contribution < -0.4 is 10.6 Å². The van der Waals surface area contributed by atoms with E-state index in [1.54, 1.807) is 4.90 Å². The highest BCUT2D eigenvalue weighted by Crippen LogP contribution is 1.78. The monoisotopic (exact) mass is 174 g/mol. The molecule has 74 valence electrons. The number of hydrogen-bond donors (Lipinski definition) is 2. The van der Waals surface area contributed by atoms with E-state index >= 15 is 0 Å². The van der Waals surface area contributed by atoms with E-state index < -0.39 is 0 Å². The summed E-state index contributed by atoms with van der Waals surface area (Å²) >= 11 is 0. The first kappa shape index (κ1) is 11.9. The molecular formula is C10H26N2+2. The molecule has 2 heteroatoms. The molecule has 0 aromatic rings. The van der Waals surface area contributed by atoms with Crippen LogP contribution in [0.2, 0.25) is 0 Å². The van der Waals surface area contributed by atoms with Gasteiger partial charge < -0.3 is 10.6 Å². The molecule has 0 aliphatic carbocycles. The maximum Gasteiger partial charge on any atom is 0.134 e. The van der Waals surface area contributed by atoms with Crippen LogP contribution in [-0.4, -0.2) is 25.7 Å². The normalized spacial score (nSPS) is 13.8. The second kappa shape index (κ2) is 7.56. The van der Waals surface area contributed by atoms with Crippen molar-refractivity contribution in [2.24, 2.45) is 0 Å². The molecule has 0 rings (SSSR count). The van der Waals surface area contributed by atoms with Crippen LogP contribution in [0.15, 0.2) is 0 Å². The first-order valence-corrected chi connectivity index (χ1v) is 5.41. The van der Waals surface area contributed by atoms with Crippen LogP contribution in [0, 0.1) is 0 Å². The minimum Gasteiger partial charge on any atom is -0.350 e. The average Bonchev–Trinajstić information content (AvgIpc) is 2.05. The third-order valence-corrected chi connectivity index (χ3v) is 2.36. The van der Waals surface area contributed by atoms with Gasteiger partial charge in [0, 0.05) is 6.42 Å². The maximum absolute atomic E-state index is 4.14. The van der Waals surface area contributed by atoms with Crippen molar-refractivity contribution in [1.29, 1.82) is 0 Å². The fourth-order valence-electron chi connectivity index (χ4n) is 1.59. The molecule has 0 aromatic heterocycles. The predicted octanol–water partition coefficient (Wildman–Crippen LogP) is -0.288. The Morgan fingerprint density at radius 1 is 1.08 bits per heavy atom. The number of hydrogen-bond acceptors (Lipinski definition) is 0. The minimum atomic E-state index is 0.651. The van der Waals surface area contributed by atoms with Gasteiger partial charge >= 0.3 is 0 Å². The molecule has 4 N–H and O–H groups in total. The molecule has 0 unspecified atom stereocenters. The van der Waals surface area contributed by atoms with Crippen LogP contribution in [0.25, 0.3) is 0 Å². The van der Waals surface area contributed by atoms with Gasteiger partial charge in [0.25, 0.3) is 0 Å². The fourth-order valence-corrected chi connectivity index (χ4v) is 1.59. The third-order valence-electron chi connectivity index (χ3n) is 2.36. The number of quaternary nitrogens is 2. The molecule has 2 nitrogen and oxygen atoms in total. The Morgan fingerprint density at radius 2 is 1.58 bits per heavy atom. The predicted molar refractivity (Wildman–Crippen MR) is 53.1 cm³/mol. The summed E-state index contributed by atoms with van der Waals surface area (Å²) in [6.45, 7) is 10.7. The number of nitrogens with one attached hydrogen (secondary N) is 1. The largest absolute Gasteiger partial charge is 0.350 e. The van der Waals surface area contributed by atoms with Crippen LogP contribution in [0.5, 0.6) is 0 Å². The molecule has 0 amide bonds. The van der Waals surface area contributed by atoms with Gasteiger partial charge in [-0.3, -0.25) is 0 Å². The van der Waals surface area contributed by atoms with E-state index in [1.165, 1.54) is 38.9 Å². The van der Waals surface area contributed by atoms with Crippen molar-refractivity contribution in [2.75, 3.05) is 19.6 Å². The SMILES string of the molecule is CCC[NH+](CCC)C[C@@H]([NH3+])CC. The van der Waals surface area contributed by atoms with E-state index in [9.17, 15) is 0 Å². The molecule has 0 heterocycles. The van der Waals surface area contributed by atoms with Crippen molar-refractivity contribution < 1.29 is 10.6 Å². The summed E-state index contributed by atoms with van der Waals surface area (Å²) < 4.78 is 0. The molecule has 0 saturated carbocycles. The van der Waals surface area contributed by atoms with Gasteiger partial charge in [-0.25, -0.2) is 0 Å². The fraction of sp³-hybridized carbons (Fsp3) is 1.00. The van der Waals surface area contributed by atoms with Gasteiger partial charge in [-0.2, -0.15) is 0 Å². The van der Waals surface area contributed by atoms with E-state index in [-0.39, 0.29) is 0 Å². The van der Waals surface area contributed by atoms with Gasteiger partial charge in [0.2, 0.25) is 0 Å². The second-order valence-corrected chi connectivity index (χ2v) is 3.73. The smallest absolute Gasteiger partial charge is 0.134 e. The van der Waals surface area contributed by atoms with Crippen LogP contribution in [0.1, 0.15) is 40.0 Å². The lowest BCUT2D eigenvalue weighted by Crippen LogP contribution is -3.14. The van der Waals surface area contributed by atoms with E-state index in [1.807, 2.05) is 0 Å². The highest BCUT2D eigenvalue weighted by Gasteiger charge is 2.12. The summed E-state index contributed by atoms with van der Waals surface area (Å²) in [5, 5.41) is 0. The van der Waals surface area contributed by atoms with Crippen molar-refractivity contribution in [3.8, 4) is 0 Å². The Labute approximate surface area is 77.1 Å². The van der Waals surface area contributed by atoms with Crippen molar-refractivity contribution in [2.45, 2.75) is 46.1 Å². The zero-order chi connectivity index (χ0) is 9.40. The topological polar surface area (TPSA) is 32.1 Å². The summed E-state index contributed by atoms with van der Waals surface area (Å²) in [4.78, 5) is 1.74. The zero-order valence-corrected chi connectivity index (χ0v) is 9.03. The van der Waals surface area contributed by atoms with Crippen LogP contribution in [0.3, 0.4) is 0 Å². The van der Waals surface area contributed by atoms with Gasteiger partial charge in [-0.15, -0.1) is 0 Å². The van der Waals surface area contributed by atoms with Gasteiger partial charge in [-0.1, -0.05) is 20.8 Å². The van der Waals surface area contributed by atoms with Crippen molar-refractivity contribution in [3.05, 3.63) is 0 Å². The first-order chi connectivity index (χ1) is 5.74. The molecule has 0 fully saturated rings. The molecular weight excluding hydrogens is 148 g/mol. The molecule has 0 saturated heterocycles. The molecule has 0 bridgehead atoms. The van der Waals surface area contributed by atoms with Crippen LogP contribution >= 0.6 is 0 Å². The molecule has 0 radical (unpaired) electrons. The van der Waals surface area contributed by atoms with E-state index in [0.717, 1.165) is 0 Å². The molecule has 0 aromatic carbocycles. The lowest BCUT2D eigenvalue weighted by Gasteiger charge is -2.19. The molecule has 0 aliphatic heterocycles. The Balaban J connectivity index is 3.61. The van der Waals surface area contributed by atoms with Gasteiger partial charge in [0.05, 0.1) is 13.1 Å². The molecule has 12 heavy (non-hydrogen) atoms. The molecule has 0 aliphatic rings. The Bertz CT molecular complexity index is 87.8. The Hall–Kier alpha value is -0.0800. The maximum atomic E-state index is 4.14. The number of rotatable bonds is 7. The first-order valence-electron chi connectivity index (χ1n) is 5.41. The highest BCUT2D eigenvalue weighted by atomic mass is 15.1. The van der Waals surface area contributed by atoms with Crippen molar-refractivity contribution >= 4 is 0 Å². The Kier molecular flexibility index (Phi) is 7.51. The average molecular weight is 174 g/mol. The summed E-state index contributed by atoms with van der Waals surface area (Å²) in [5.41, 5.74) is 4.14. The lowest BCUT2D eigenvalue weighted by atomic mass is 10.2. The summed E-state index contributed by atoms with van der Waals surface area (Å²) in [7, 11) is 0. The lowest BCUT2D eigenvalue weighted by molar-refractivity contribution is -0.909. The quantitative estimate of drug-likeness (QED) is 0.532. The van der Waals surface area contributed by atoms with Gasteiger partial charge in [0.1, 0.15) is 12.6 Å². The summed E-state index contributed by atoms with van der Waals surface area (Å²) in [6.07, 6.45) is 3.81. The van der Waals surface area contributed by atoms with Gasteiger partial charge in [0.15, 0.2) is 0 Å². The van der Waals surface area contributed by atoms with E-state index in [2.05, 4.69) is 26.5 Å².